The van der Waals surface area contributed by atoms with Crippen LogP contribution in [0.4, 0.5) is 5.13 Å². The van der Waals surface area contributed by atoms with Gasteiger partial charge in [0, 0.05) is 24.2 Å². The van der Waals surface area contributed by atoms with Crippen molar-refractivity contribution in [1.82, 2.24) is 9.88 Å². The minimum atomic E-state index is 0.633. The molecule has 0 atom stereocenters. The van der Waals surface area contributed by atoms with E-state index in [1.807, 2.05) is 24.4 Å². The lowest BCUT2D eigenvalue weighted by Gasteiger charge is -2.16. The molecule has 0 aliphatic carbocycles. The monoisotopic (exact) mass is 277 g/mol. The van der Waals surface area contributed by atoms with Crippen LogP contribution >= 0.6 is 11.3 Å². The number of ether oxygens (including phenoxy) is 1. The lowest BCUT2D eigenvalue weighted by Crippen LogP contribution is -2.20. The number of nitrogens with two attached hydrogens (primary N) is 1. The number of hydrogen-bond donors (Lipinski definition) is 1. The molecule has 0 amide bonds. The molecule has 4 nitrogen and oxygen atoms in total. The summed E-state index contributed by atoms with van der Waals surface area (Å²) in [4.78, 5) is 7.52. The number of nitrogens with zero attached hydrogens (tertiary/aromatic N) is 2. The summed E-state index contributed by atoms with van der Waals surface area (Å²) in [5.41, 5.74) is 6.87. The molecule has 2 aromatic rings. The van der Waals surface area contributed by atoms with Crippen LogP contribution in [-0.4, -0.2) is 30.6 Å². The topological polar surface area (TPSA) is 51.4 Å². The van der Waals surface area contributed by atoms with E-state index in [2.05, 4.69) is 23.0 Å². The number of anilines is 1. The summed E-state index contributed by atoms with van der Waals surface area (Å²) in [5, 5.41) is 0.633. The van der Waals surface area contributed by atoms with Crippen molar-refractivity contribution in [2.75, 3.05) is 26.4 Å². The molecule has 0 aliphatic heterocycles. The predicted octanol–water partition coefficient (Wildman–Crippen LogP) is 2.41. The van der Waals surface area contributed by atoms with Crippen molar-refractivity contribution in [2.24, 2.45) is 0 Å². The molecule has 0 aliphatic rings. The van der Waals surface area contributed by atoms with E-state index in [1.54, 1.807) is 18.4 Å². The summed E-state index contributed by atoms with van der Waals surface area (Å²) in [6.45, 7) is 1.85. The highest BCUT2D eigenvalue weighted by molar-refractivity contribution is 7.15. The molecule has 0 spiro atoms. The number of rotatable bonds is 6. The van der Waals surface area contributed by atoms with Gasteiger partial charge in [-0.3, -0.25) is 0 Å². The fourth-order valence-electron chi connectivity index (χ4n) is 1.96. The SMILES string of the molecule is COc1ccccc1CCN(C)Cc1cnc(N)s1. The molecule has 0 saturated carbocycles. The lowest BCUT2D eigenvalue weighted by atomic mass is 10.1. The fourth-order valence-corrected chi connectivity index (χ4v) is 2.73. The third-order valence-corrected chi connectivity index (χ3v) is 3.76. The third kappa shape index (κ3) is 3.94. The van der Waals surface area contributed by atoms with Crippen LogP contribution in [0.5, 0.6) is 5.75 Å². The van der Waals surface area contributed by atoms with Gasteiger partial charge in [0.25, 0.3) is 0 Å². The maximum atomic E-state index is 5.63. The summed E-state index contributed by atoms with van der Waals surface area (Å²) in [6.07, 6.45) is 2.81. The average molecular weight is 277 g/mol. The summed E-state index contributed by atoms with van der Waals surface area (Å²) in [6, 6.07) is 8.14. The smallest absolute Gasteiger partial charge is 0.180 e. The maximum absolute atomic E-state index is 5.63. The van der Waals surface area contributed by atoms with Gasteiger partial charge < -0.3 is 15.4 Å². The molecule has 0 radical (unpaired) electrons. The Kier molecular flexibility index (Phi) is 4.76. The molecule has 0 unspecified atom stereocenters. The van der Waals surface area contributed by atoms with Crippen LogP contribution in [0.15, 0.2) is 30.5 Å². The van der Waals surface area contributed by atoms with Crippen molar-refractivity contribution in [1.29, 1.82) is 0 Å². The van der Waals surface area contributed by atoms with Gasteiger partial charge in [-0.05, 0) is 25.1 Å². The Bertz CT molecular complexity index is 527. The fraction of sp³-hybridized carbons (Fsp3) is 0.357. The molecule has 0 fully saturated rings. The highest BCUT2D eigenvalue weighted by Gasteiger charge is 2.06. The molecule has 1 aromatic carbocycles. The highest BCUT2D eigenvalue weighted by Crippen LogP contribution is 2.19. The number of para-hydroxylation sites is 1. The van der Waals surface area contributed by atoms with Crippen LogP contribution < -0.4 is 10.5 Å². The molecule has 19 heavy (non-hydrogen) atoms. The minimum absolute atomic E-state index is 0.633. The normalized spacial score (nSPS) is 10.9. The van der Waals surface area contributed by atoms with E-state index < -0.39 is 0 Å². The van der Waals surface area contributed by atoms with Crippen LogP contribution in [0, 0.1) is 0 Å². The lowest BCUT2D eigenvalue weighted by molar-refractivity contribution is 0.330. The van der Waals surface area contributed by atoms with Gasteiger partial charge in [-0.25, -0.2) is 4.98 Å². The zero-order valence-electron chi connectivity index (χ0n) is 11.3. The first-order valence-corrected chi connectivity index (χ1v) is 7.01. The van der Waals surface area contributed by atoms with Crippen LogP contribution in [0.3, 0.4) is 0 Å². The van der Waals surface area contributed by atoms with Crippen LogP contribution in [0.1, 0.15) is 10.4 Å². The minimum Gasteiger partial charge on any atom is -0.496 e. The van der Waals surface area contributed by atoms with Crippen molar-refractivity contribution in [2.45, 2.75) is 13.0 Å². The van der Waals surface area contributed by atoms with E-state index in [1.165, 1.54) is 10.4 Å². The second-order valence-corrected chi connectivity index (χ2v) is 5.61. The number of aromatic nitrogens is 1. The average Bonchev–Trinajstić information content (AvgIpc) is 2.82. The number of benzene rings is 1. The quantitative estimate of drug-likeness (QED) is 0.881. The number of thiazole rings is 1. The van der Waals surface area contributed by atoms with Gasteiger partial charge in [-0.15, -0.1) is 11.3 Å². The Hall–Kier alpha value is -1.59. The molecule has 5 heteroatoms. The van der Waals surface area contributed by atoms with Crippen molar-refractivity contribution in [3.8, 4) is 5.75 Å². The third-order valence-electron chi connectivity index (χ3n) is 2.95. The first kappa shape index (κ1) is 13.8. The first-order valence-electron chi connectivity index (χ1n) is 6.19. The number of methoxy groups -OCH3 is 1. The summed E-state index contributed by atoms with van der Waals surface area (Å²) in [5.74, 6) is 0.956. The van der Waals surface area contributed by atoms with E-state index in [9.17, 15) is 0 Å². The van der Waals surface area contributed by atoms with Gasteiger partial charge in [0.05, 0.1) is 7.11 Å². The largest absolute Gasteiger partial charge is 0.496 e. The zero-order valence-corrected chi connectivity index (χ0v) is 12.1. The summed E-state index contributed by atoms with van der Waals surface area (Å²) >= 11 is 1.55. The van der Waals surface area contributed by atoms with Gasteiger partial charge in [0.2, 0.25) is 0 Å². The number of likely N-dealkylation sites (N-methyl/N-ethyl adjacent to an activating group) is 1. The van der Waals surface area contributed by atoms with E-state index in [-0.39, 0.29) is 0 Å². The van der Waals surface area contributed by atoms with Crippen molar-refractivity contribution >= 4 is 16.5 Å². The van der Waals surface area contributed by atoms with Crippen molar-refractivity contribution in [3.63, 3.8) is 0 Å². The Morgan fingerprint density at radius 3 is 2.84 bits per heavy atom. The molecule has 0 saturated heterocycles. The Morgan fingerprint density at radius 1 is 1.37 bits per heavy atom. The molecular formula is C14H19N3OS. The van der Waals surface area contributed by atoms with Gasteiger partial charge in [-0.2, -0.15) is 0 Å². The molecule has 102 valence electrons. The van der Waals surface area contributed by atoms with Crippen molar-refractivity contribution in [3.05, 3.63) is 40.9 Å². The molecule has 0 bridgehead atoms. The molecule has 2 rings (SSSR count). The van der Waals surface area contributed by atoms with Crippen LogP contribution in [0.25, 0.3) is 0 Å². The van der Waals surface area contributed by atoms with Gasteiger partial charge in [0.1, 0.15) is 5.75 Å². The Morgan fingerprint density at radius 2 is 2.16 bits per heavy atom. The molecule has 1 heterocycles. The zero-order chi connectivity index (χ0) is 13.7. The van der Waals surface area contributed by atoms with Crippen LogP contribution in [0.2, 0.25) is 0 Å². The maximum Gasteiger partial charge on any atom is 0.180 e. The molecule has 2 N–H and O–H groups in total. The van der Waals surface area contributed by atoms with Crippen molar-refractivity contribution < 1.29 is 4.74 Å². The summed E-state index contributed by atoms with van der Waals surface area (Å²) in [7, 11) is 3.81. The van der Waals surface area contributed by atoms with Crippen LogP contribution in [-0.2, 0) is 13.0 Å². The van der Waals surface area contributed by atoms with Gasteiger partial charge in [-0.1, -0.05) is 18.2 Å². The Labute approximate surface area is 117 Å². The van der Waals surface area contributed by atoms with E-state index in [4.69, 9.17) is 10.5 Å². The highest BCUT2D eigenvalue weighted by atomic mass is 32.1. The van der Waals surface area contributed by atoms with E-state index >= 15 is 0 Å². The molecule has 1 aromatic heterocycles. The van der Waals surface area contributed by atoms with E-state index in [0.29, 0.717) is 5.13 Å². The predicted molar refractivity (Wildman–Crippen MR) is 79.6 cm³/mol. The van der Waals surface area contributed by atoms with Gasteiger partial charge >= 0.3 is 0 Å². The Balaban J connectivity index is 1.87. The second-order valence-electron chi connectivity index (χ2n) is 4.46. The number of hydrogen-bond acceptors (Lipinski definition) is 5. The standard InChI is InChI=1S/C14H19N3OS/c1-17(10-12-9-16-14(15)19-12)8-7-11-5-3-4-6-13(11)18-2/h3-6,9H,7-8,10H2,1-2H3,(H2,15,16). The summed E-state index contributed by atoms with van der Waals surface area (Å²) < 4.78 is 5.36. The second kappa shape index (κ2) is 6.54. The number of nitrogen functional groups attached to an aromatic ring is 1. The molecular weight excluding hydrogens is 258 g/mol. The first-order chi connectivity index (χ1) is 9.19. The van der Waals surface area contributed by atoms with E-state index in [0.717, 1.165) is 25.3 Å². The van der Waals surface area contributed by atoms with Gasteiger partial charge in [0.15, 0.2) is 5.13 Å².